The van der Waals surface area contributed by atoms with Gasteiger partial charge in [-0.15, -0.1) is 10.2 Å². The van der Waals surface area contributed by atoms with Gasteiger partial charge < -0.3 is 20.6 Å². The molecule has 35 heavy (non-hydrogen) atoms. The molecule has 3 heterocycles. The number of aromatic nitrogens is 4. The zero-order chi connectivity index (χ0) is 24.4. The summed E-state index contributed by atoms with van der Waals surface area (Å²) < 4.78 is 13.3. The molecule has 1 aromatic carbocycles. The van der Waals surface area contributed by atoms with Gasteiger partial charge in [0.2, 0.25) is 0 Å². The molecule has 5 rings (SSSR count). The van der Waals surface area contributed by atoms with Gasteiger partial charge in [0.15, 0.2) is 11.5 Å². The molecule has 1 saturated carbocycles. The zero-order valence-electron chi connectivity index (χ0n) is 18.8. The Kier molecular flexibility index (Phi) is 5.96. The van der Waals surface area contributed by atoms with Gasteiger partial charge in [0.25, 0.3) is 5.91 Å². The fourth-order valence-corrected chi connectivity index (χ4v) is 3.98. The second kappa shape index (κ2) is 9.23. The number of rotatable bonds is 7. The predicted octanol–water partition coefficient (Wildman–Crippen LogP) is 2.17. The monoisotopic (exact) mass is 474 g/mol. The van der Waals surface area contributed by atoms with Crippen LogP contribution in [0, 0.1) is 11.3 Å². The van der Waals surface area contributed by atoms with E-state index in [0.717, 1.165) is 16.9 Å². The van der Waals surface area contributed by atoms with Crippen molar-refractivity contribution >= 4 is 23.2 Å². The maximum atomic E-state index is 13.3. The van der Waals surface area contributed by atoms with Crippen molar-refractivity contribution in [1.82, 2.24) is 25.5 Å². The number of hydrogen-bond donors (Lipinski definition) is 3. The van der Waals surface area contributed by atoms with Crippen LogP contribution in [-0.2, 0) is 19.6 Å². The number of nitrogens with zero attached hydrogens (tertiary/aromatic N) is 6. The predicted molar refractivity (Wildman–Crippen MR) is 125 cm³/mol. The number of carbonyl (C=O) groups excluding carboxylic acids is 1. The van der Waals surface area contributed by atoms with E-state index >= 15 is 0 Å². The van der Waals surface area contributed by atoms with Crippen LogP contribution in [0.2, 0.25) is 0 Å². The topological polar surface area (TPSA) is 140 Å². The Morgan fingerprint density at radius 1 is 1.23 bits per heavy atom. The van der Waals surface area contributed by atoms with Gasteiger partial charge in [0.05, 0.1) is 29.5 Å². The maximum absolute atomic E-state index is 13.3. The fourth-order valence-electron chi connectivity index (χ4n) is 3.98. The van der Waals surface area contributed by atoms with Crippen molar-refractivity contribution in [2.45, 2.75) is 38.1 Å². The van der Waals surface area contributed by atoms with Gasteiger partial charge in [-0.05, 0) is 49.6 Å². The minimum absolute atomic E-state index is 0.162. The SMILES string of the molecule is N#Cc1ccc(N2CCc3c(ncnc3Nc3ccc(C(=O)NCC4(O)CC4)nn3)C2)cc1CF. The molecular weight excluding hydrogens is 451 g/mol. The van der Waals surface area contributed by atoms with Gasteiger partial charge in [-0.2, -0.15) is 5.26 Å². The quantitative estimate of drug-likeness (QED) is 0.470. The van der Waals surface area contributed by atoms with Gasteiger partial charge in [0.1, 0.15) is 18.8 Å². The molecule has 1 aliphatic carbocycles. The van der Waals surface area contributed by atoms with E-state index in [9.17, 15) is 14.3 Å². The normalized spacial score (nSPS) is 15.6. The lowest BCUT2D eigenvalue weighted by Gasteiger charge is -2.31. The number of fused-ring (bicyclic) bond motifs is 1. The van der Waals surface area contributed by atoms with E-state index in [1.807, 2.05) is 12.1 Å². The second-order valence-corrected chi connectivity index (χ2v) is 8.74. The van der Waals surface area contributed by atoms with Crippen LogP contribution < -0.4 is 15.5 Å². The minimum Gasteiger partial charge on any atom is -0.388 e. The summed E-state index contributed by atoms with van der Waals surface area (Å²) in [5, 5.41) is 32.9. The van der Waals surface area contributed by atoms with Crippen molar-refractivity contribution in [2.75, 3.05) is 23.3 Å². The van der Waals surface area contributed by atoms with Gasteiger partial charge in [-0.25, -0.2) is 14.4 Å². The van der Waals surface area contributed by atoms with E-state index in [1.54, 1.807) is 24.3 Å². The third-order valence-corrected chi connectivity index (χ3v) is 6.27. The number of halogens is 1. The third-order valence-electron chi connectivity index (χ3n) is 6.27. The molecule has 10 nitrogen and oxygen atoms in total. The molecule has 0 saturated heterocycles. The van der Waals surface area contributed by atoms with Crippen molar-refractivity contribution in [3.63, 3.8) is 0 Å². The van der Waals surface area contributed by atoms with Crippen molar-refractivity contribution in [3.8, 4) is 6.07 Å². The Bertz CT molecular complexity index is 1300. The smallest absolute Gasteiger partial charge is 0.271 e. The molecule has 0 spiro atoms. The maximum Gasteiger partial charge on any atom is 0.271 e. The number of nitriles is 1. The van der Waals surface area contributed by atoms with Crippen LogP contribution in [0.5, 0.6) is 0 Å². The Balaban J connectivity index is 1.27. The number of anilines is 3. The molecule has 3 aromatic rings. The summed E-state index contributed by atoms with van der Waals surface area (Å²) in [6.45, 7) is 0.696. The lowest BCUT2D eigenvalue weighted by Crippen LogP contribution is -2.33. The first-order chi connectivity index (χ1) is 17.0. The summed E-state index contributed by atoms with van der Waals surface area (Å²) in [6.07, 6.45) is 3.50. The number of carbonyl (C=O) groups is 1. The van der Waals surface area contributed by atoms with Crippen molar-refractivity contribution in [2.24, 2.45) is 0 Å². The highest BCUT2D eigenvalue weighted by molar-refractivity contribution is 5.92. The largest absolute Gasteiger partial charge is 0.388 e. The number of hydrogen-bond acceptors (Lipinski definition) is 9. The number of nitrogens with one attached hydrogen (secondary N) is 2. The molecule has 11 heteroatoms. The van der Waals surface area contributed by atoms with Gasteiger partial charge >= 0.3 is 0 Å². The average Bonchev–Trinajstić information content (AvgIpc) is 3.64. The van der Waals surface area contributed by atoms with E-state index in [-0.39, 0.29) is 18.1 Å². The second-order valence-electron chi connectivity index (χ2n) is 8.74. The average molecular weight is 475 g/mol. The number of amides is 1. The summed E-state index contributed by atoms with van der Waals surface area (Å²) in [5.41, 5.74) is 2.72. The van der Waals surface area contributed by atoms with Crippen LogP contribution in [0.15, 0.2) is 36.7 Å². The Labute approximate surface area is 200 Å². The van der Waals surface area contributed by atoms with Crippen LogP contribution in [0.1, 0.15) is 45.7 Å². The highest BCUT2D eigenvalue weighted by atomic mass is 19.1. The van der Waals surface area contributed by atoms with Crippen LogP contribution >= 0.6 is 0 Å². The Morgan fingerprint density at radius 3 is 2.80 bits per heavy atom. The molecule has 0 bridgehead atoms. The number of benzene rings is 1. The summed E-state index contributed by atoms with van der Waals surface area (Å²) in [4.78, 5) is 23.1. The molecule has 1 fully saturated rings. The van der Waals surface area contributed by atoms with E-state index in [1.165, 1.54) is 6.33 Å². The lowest BCUT2D eigenvalue weighted by molar-refractivity contribution is 0.0890. The summed E-state index contributed by atoms with van der Waals surface area (Å²) in [7, 11) is 0. The van der Waals surface area contributed by atoms with Crippen LogP contribution in [-0.4, -0.2) is 49.9 Å². The first-order valence-corrected chi connectivity index (χ1v) is 11.3. The van der Waals surface area contributed by atoms with Crippen molar-refractivity contribution in [1.29, 1.82) is 5.26 Å². The molecule has 1 aliphatic heterocycles. The lowest BCUT2D eigenvalue weighted by atomic mass is 10.0. The summed E-state index contributed by atoms with van der Waals surface area (Å²) >= 11 is 0. The number of aliphatic hydroxyl groups is 1. The molecule has 0 radical (unpaired) electrons. The molecule has 3 N–H and O–H groups in total. The van der Waals surface area contributed by atoms with Gasteiger partial charge in [-0.1, -0.05) is 0 Å². The third kappa shape index (κ3) is 4.88. The van der Waals surface area contributed by atoms with Crippen molar-refractivity contribution < 1.29 is 14.3 Å². The molecular formula is C24H23FN8O2. The molecule has 2 aliphatic rings. The standard InChI is InChI=1S/C24H23FN8O2/c25-10-16-9-17(2-1-15(16)11-26)33-8-5-18-20(12-33)28-14-29-22(18)30-21-4-3-19(31-32-21)23(34)27-13-24(35)6-7-24/h1-4,9,14,35H,5-8,10,12-13H2,(H,27,34)(H,28,29,30,32). The van der Waals surface area contributed by atoms with Crippen LogP contribution in [0.25, 0.3) is 0 Å². The first kappa shape index (κ1) is 22.6. The molecule has 2 aromatic heterocycles. The van der Waals surface area contributed by atoms with Crippen LogP contribution in [0.3, 0.4) is 0 Å². The Hall–Kier alpha value is -4.17. The first-order valence-electron chi connectivity index (χ1n) is 11.3. The van der Waals surface area contributed by atoms with E-state index < -0.39 is 12.3 Å². The van der Waals surface area contributed by atoms with Gasteiger partial charge in [0, 0.05) is 29.9 Å². The molecule has 0 atom stereocenters. The van der Waals surface area contributed by atoms with E-state index in [0.29, 0.717) is 55.1 Å². The van der Waals surface area contributed by atoms with Crippen LogP contribution in [0.4, 0.5) is 21.7 Å². The van der Waals surface area contributed by atoms with E-state index in [2.05, 4.69) is 35.7 Å². The van der Waals surface area contributed by atoms with E-state index in [4.69, 9.17) is 5.26 Å². The number of alkyl halides is 1. The van der Waals surface area contributed by atoms with Gasteiger partial charge in [-0.3, -0.25) is 4.79 Å². The molecule has 1 amide bonds. The van der Waals surface area contributed by atoms with Crippen molar-refractivity contribution in [3.05, 3.63) is 64.7 Å². The summed E-state index contributed by atoms with van der Waals surface area (Å²) in [5.74, 6) is 0.661. The molecule has 0 unspecified atom stereocenters. The fraction of sp³-hybridized carbons (Fsp3) is 0.333. The minimum atomic E-state index is -0.776. The highest BCUT2D eigenvalue weighted by Crippen LogP contribution is 2.34. The zero-order valence-corrected chi connectivity index (χ0v) is 18.8. The summed E-state index contributed by atoms with van der Waals surface area (Å²) in [6, 6.07) is 10.4. The molecule has 178 valence electrons. The highest BCUT2D eigenvalue weighted by Gasteiger charge is 2.40. The Morgan fingerprint density at radius 2 is 2.09 bits per heavy atom.